The number of urea groups is 1. The second kappa shape index (κ2) is 16.7. The molecule has 45 heavy (non-hydrogen) atoms. The van der Waals surface area contributed by atoms with Crippen LogP contribution in [0.1, 0.15) is 54.2 Å². The van der Waals surface area contributed by atoms with Gasteiger partial charge in [0.25, 0.3) is 5.91 Å². The maximum Gasteiger partial charge on any atom is 0.347 e. The topological polar surface area (TPSA) is 162 Å². The van der Waals surface area contributed by atoms with E-state index in [2.05, 4.69) is 15.6 Å². The number of aryl methyl sites for hydroxylation is 3. The Labute approximate surface area is 261 Å². The van der Waals surface area contributed by atoms with Gasteiger partial charge in [0, 0.05) is 19.1 Å². The number of rotatable bonds is 7. The van der Waals surface area contributed by atoms with Gasteiger partial charge >= 0.3 is 24.0 Å². The Bertz CT molecular complexity index is 1490. The highest BCUT2D eigenvalue weighted by Gasteiger charge is 2.40. The Morgan fingerprint density at radius 2 is 1.29 bits per heavy atom. The predicted octanol–water partition coefficient (Wildman–Crippen LogP) is 3.86. The minimum Gasteiger partial charge on any atom is -0.468 e. The van der Waals surface area contributed by atoms with Gasteiger partial charge in [-0.25, -0.2) is 14.4 Å². The van der Waals surface area contributed by atoms with Gasteiger partial charge in [-0.3, -0.25) is 10.1 Å². The Kier molecular flexibility index (Phi) is 12.8. The third kappa shape index (κ3) is 10.3. The molecule has 1 fully saturated rings. The van der Waals surface area contributed by atoms with Crippen molar-refractivity contribution in [1.29, 1.82) is 0 Å². The SMILES string of the molecule is CO.CO/C(=N\C(=O)NC1CC(OC(=O)c2ccc(C)cc2)C(COC(=O)c2ccc(C)cc2)O1)NC(=O)c1ccc(C)cc1. The molecule has 12 heteroatoms. The zero-order valence-corrected chi connectivity index (χ0v) is 25.7. The number of aliphatic imine (C=N–C) groups is 1. The zero-order valence-electron chi connectivity index (χ0n) is 25.7. The number of amidine groups is 1. The molecule has 1 saturated heterocycles. The summed E-state index contributed by atoms with van der Waals surface area (Å²) in [5, 5.41) is 12.0. The van der Waals surface area contributed by atoms with Crippen molar-refractivity contribution in [2.45, 2.75) is 45.6 Å². The summed E-state index contributed by atoms with van der Waals surface area (Å²) in [6.45, 7) is 5.47. The van der Waals surface area contributed by atoms with Crippen LogP contribution in [0.15, 0.2) is 77.8 Å². The molecule has 4 rings (SSSR count). The second-order valence-electron chi connectivity index (χ2n) is 10.1. The number of amides is 3. The number of carbonyl (C=O) groups is 4. The number of carbonyl (C=O) groups excluding carboxylic acids is 4. The molecule has 3 unspecified atom stereocenters. The Morgan fingerprint density at radius 1 is 0.800 bits per heavy atom. The number of nitrogens with one attached hydrogen (secondary N) is 2. The van der Waals surface area contributed by atoms with Crippen LogP contribution in [0.2, 0.25) is 0 Å². The molecule has 1 aliphatic heterocycles. The fourth-order valence-corrected chi connectivity index (χ4v) is 4.17. The van der Waals surface area contributed by atoms with Gasteiger partial charge < -0.3 is 29.4 Å². The van der Waals surface area contributed by atoms with Crippen molar-refractivity contribution in [3.8, 4) is 0 Å². The van der Waals surface area contributed by atoms with Crippen molar-refractivity contribution >= 4 is 29.9 Å². The van der Waals surface area contributed by atoms with E-state index in [9.17, 15) is 19.2 Å². The van der Waals surface area contributed by atoms with E-state index in [-0.39, 0.29) is 19.0 Å². The quantitative estimate of drug-likeness (QED) is 0.203. The van der Waals surface area contributed by atoms with Gasteiger partial charge in [0.1, 0.15) is 25.0 Å². The molecule has 0 aromatic heterocycles. The normalized spacial score (nSPS) is 17.3. The van der Waals surface area contributed by atoms with Crippen LogP contribution in [0.5, 0.6) is 0 Å². The van der Waals surface area contributed by atoms with Gasteiger partial charge in [0.2, 0.25) is 0 Å². The lowest BCUT2D eigenvalue weighted by Gasteiger charge is -2.19. The predicted molar refractivity (Wildman–Crippen MR) is 165 cm³/mol. The third-order valence-corrected chi connectivity index (χ3v) is 6.63. The number of hydrogen-bond acceptors (Lipinski definition) is 9. The van der Waals surface area contributed by atoms with E-state index in [1.54, 1.807) is 72.8 Å². The lowest BCUT2D eigenvalue weighted by Crippen LogP contribution is -2.37. The van der Waals surface area contributed by atoms with Crippen molar-refractivity contribution in [3.05, 3.63) is 106 Å². The molecule has 0 radical (unpaired) electrons. The average molecular weight is 620 g/mol. The summed E-state index contributed by atoms with van der Waals surface area (Å²) in [5.74, 6) is -1.67. The molecule has 3 N–H and O–H groups in total. The van der Waals surface area contributed by atoms with Crippen LogP contribution >= 0.6 is 0 Å². The first-order valence-electron chi connectivity index (χ1n) is 14.0. The van der Waals surface area contributed by atoms with E-state index in [1.807, 2.05) is 20.8 Å². The standard InChI is InChI=1S/C32H33N3O8.CH4O/c1-19-5-11-22(12-6-19)28(36)34-32(40-4)35-31(39)33-27-17-25(43-30(38)24-15-9-21(3)10-16-24)26(42-27)18-41-29(37)23-13-7-20(2)8-14-23;1-2/h5-16,25-27H,17-18H2,1-4H3,(H2,33,34,35,36,39);2H,1H3. The summed E-state index contributed by atoms with van der Waals surface area (Å²) in [6.07, 6.45) is -2.61. The van der Waals surface area contributed by atoms with Crippen molar-refractivity contribution < 1.29 is 43.2 Å². The van der Waals surface area contributed by atoms with E-state index in [0.29, 0.717) is 16.7 Å². The van der Waals surface area contributed by atoms with Crippen molar-refractivity contribution in [3.63, 3.8) is 0 Å². The Morgan fingerprint density at radius 3 is 1.80 bits per heavy atom. The highest BCUT2D eigenvalue weighted by Crippen LogP contribution is 2.24. The summed E-state index contributed by atoms with van der Waals surface area (Å²) in [6, 6.07) is 19.4. The minimum absolute atomic E-state index is 0.0592. The number of ether oxygens (including phenoxy) is 4. The largest absolute Gasteiger partial charge is 0.468 e. The van der Waals surface area contributed by atoms with Crippen molar-refractivity contribution in [2.75, 3.05) is 20.8 Å². The minimum atomic E-state index is -0.943. The van der Waals surface area contributed by atoms with Gasteiger partial charge in [-0.2, -0.15) is 0 Å². The first-order chi connectivity index (χ1) is 21.6. The van der Waals surface area contributed by atoms with E-state index in [4.69, 9.17) is 24.1 Å². The maximum atomic E-state index is 12.8. The van der Waals surface area contributed by atoms with Crippen LogP contribution in [-0.4, -0.2) is 74.3 Å². The first kappa shape index (κ1) is 34.4. The molecule has 3 aromatic carbocycles. The monoisotopic (exact) mass is 619 g/mol. The molecule has 0 aliphatic carbocycles. The summed E-state index contributed by atoms with van der Waals surface area (Å²) < 4.78 is 22.1. The smallest absolute Gasteiger partial charge is 0.347 e. The van der Waals surface area contributed by atoms with Crippen LogP contribution in [-0.2, 0) is 18.9 Å². The highest BCUT2D eigenvalue weighted by molar-refractivity contribution is 6.06. The summed E-state index contributed by atoms with van der Waals surface area (Å²) in [7, 11) is 2.26. The Hall–Kier alpha value is -5.07. The highest BCUT2D eigenvalue weighted by atomic mass is 16.6. The van der Waals surface area contributed by atoms with E-state index >= 15 is 0 Å². The van der Waals surface area contributed by atoms with Gasteiger partial charge in [0.05, 0.1) is 18.2 Å². The van der Waals surface area contributed by atoms with E-state index < -0.39 is 42.3 Å². The summed E-state index contributed by atoms with van der Waals surface area (Å²) in [4.78, 5) is 54.4. The number of methoxy groups -OCH3 is 1. The molecule has 12 nitrogen and oxygen atoms in total. The summed E-state index contributed by atoms with van der Waals surface area (Å²) >= 11 is 0. The summed E-state index contributed by atoms with van der Waals surface area (Å²) in [5.41, 5.74) is 4.01. The van der Waals surface area contributed by atoms with Crippen LogP contribution in [0, 0.1) is 20.8 Å². The lowest BCUT2D eigenvalue weighted by atomic mass is 10.1. The number of benzene rings is 3. The molecule has 3 amide bonds. The molecular formula is C33H37N3O9. The molecule has 0 spiro atoms. The third-order valence-electron chi connectivity index (χ3n) is 6.63. The van der Waals surface area contributed by atoms with Crippen molar-refractivity contribution in [2.24, 2.45) is 4.99 Å². The van der Waals surface area contributed by atoms with Gasteiger partial charge in [0.15, 0.2) is 0 Å². The van der Waals surface area contributed by atoms with Crippen LogP contribution in [0.4, 0.5) is 4.79 Å². The Balaban J connectivity index is 0.00000271. The van der Waals surface area contributed by atoms with Crippen LogP contribution < -0.4 is 10.6 Å². The number of hydrogen-bond donors (Lipinski definition) is 3. The molecule has 0 saturated carbocycles. The molecule has 3 aromatic rings. The molecular weight excluding hydrogens is 582 g/mol. The van der Waals surface area contributed by atoms with Gasteiger partial charge in [-0.1, -0.05) is 53.1 Å². The van der Waals surface area contributed by atoms with Crippen LogP contribution in [0.3, 0.4) is 0 Å². The van der Waals surface area contributed by atoms with Gasteiger partial charge in [-0.05, 0) is 57.2 Å². The average Bonchev–Trinajstić information content (AvgIpc) is 3.41. The second-order valence-corrected chi connectivity index (χ2v) is 10.1. The fourth-order valence-electron chi connectivity index (χ4n) is 4.17. The van der Waals surface area contributed by atoms with Gasteiger partial charge in [-0.15, -0.1) is 4.99 Å². The van der Waals surface area contributed by atoms with E-state index in [1.165, 1.54) is 7.11 Å². The molecule has 1 aliphatic rings. The lowest BCUT2D eigenvalue weighted by molar-refractivity contribution is -0.0454. The van der Waals surface area contributed by atoms with Crippen molar-refractivity contribution in [1.82, 2.24) is 10.6 Å². The van der Waals surface area contributed by atoms with E-state index in [0.717, 1.165) is 23.8 Å². The molecule has 3 atom stereocenters. The number of nitrogens with zero attached hydrogens (tertiary/aromatic N) is 1. The number of esters is 2. The molecule has 238 valence electrons. The first-order valence-corrected chi connectivity index (χ1v) is 14.0. The molecule has 0 bridgehead atoms. The fraction of sp³-hybridized carbons (Fsp3) is 0.303. The molecule has 1 heterocycles. The maximum absolute atomic E-state index is 12.8. The number of aliphatic hydroxyl groups is 1. The van der Waals surface area contributed by atoms with Crippen LogP contribution in [0.25, 0.3) is 0 Å². The number of aliphatic hydroxyl groups excluding tert-OH is 1. The zero-order chi connectivity index (χ0) is 32.9.